The van der Waals surface area contributed by atoms with E-state index in [0.29, 0.717) is 6.54 Å². The number of aromatic nitrogens is 1. The Hall–Kier alpha value is -1.09. The van der Waals surface area contributed by atoms with Gasteiger partial charge in [-0.2, -0.15) is 0 Å². The van der Waals surface area contributed by atoms with Gasteiger partial charge in [0.25, 0.3) is 0 Å². The fourth-order valence-electron chi connectivity index (χ4n) is 1.77. The molecule has 90 valence electrons. The van der Waals surface area contributed by atoms with Crippen LogP contribution in [0.3, 0.4) is 0 Å². The molecule has 3 nitrogen and oxygen atoms in total. The first-order valence-electron chi connectivity index (χ1n) is 6.11. The molecule has 0 atom stereocenters. The summed E-state index contributed by atoms with van der Waals surface area (Å²) in [5, 5.41) is 3.40. The third kappa shape index (κ3) is 3.81. The van der Waals surface area contributed by atoms with Crippen molar-refractivity contribution < 1.29 is 0 Å². The Morgan fingerprint density at radius 1 is 1.31 bits per heavy atom. The van der Waals surface area contributed by atoms with E-state index >= 15 is 0 Å². The van der Waals surface area contributed by atoms with Crippen molar-refractivity contribution in [1.82, 2.24) is 4.98 Å². The molecular weight excluding hydrogens is 198 g/mol. The fraction of sp³-hybridized carbons (Fsp3) is 0.615. The minimum absolute atomic E-state index is 0.572. The maximum atomic E-state index is 5.64. The lowest BCUT2D eigenvalue weighted by atomic mass is 10.0. The minimum atomic E-state index is 0.572. The van der Waals surface area contributed by atoms with Crippen LogP contribution in [-0.4, -0.2) is 11.5 Å². The Morgan fingerprint density at radius 2 is 2.00 bits per heavy atom. The average molecular weight is 221 g/mol. The van der Waals surface area contributed by atoms with Crippen molar-refractivity contribution in [2.45, 2.75) is 40.2 Å². The molecule has 0 aromatic carbocycles. The molecule has 0 unspecified atom stereocenters. The van der Waals surface area contributed by atoms with Crippen LogP contribution in [-0.2, 0) is 6.54 Å². The summed E-state index contributed by atoms with van der Waals surface area (Å²) < 4.78 is 0. The van der Waals surface area contributed by atoms with Crippen molar-refractivity contribution in [3.05, 3.63) is 23.4 Å². The first kappa shape index (κ1) is 13.0. The van der Waals surface area contributed by atoms with Gasteiger partial charge < -0.3 is 11.1 Å². The second-order valence-electron chi connectivity index (χ2n) is 4.27. The molecule has 3 heteroatoms. The lowest BCUT2D eigenvalue weighted by Gasteiger charge is -2.14. The van der Waals surface area contributed by atoms with Crippen molar-refractivity contribution in [1.29, 1.82) is 0 Å². The standard InChI is InChI=1S/C13H23N3/c1-4-11(5-2)9-15-13-7-12(8-14)6-10(3)16-13/h6-7,11H,4-5,8-9,14H2,1-3H3,(H,15,16). The van der Waals surface area contributed by atoms with Crippen LogP contribution >= 0.6 is 0 Å². The Labute approximate surface area is 98.5 Å². The Bertz CT molecular complexity index is 319. The summed E-state index contributed by atoms with van der Waals surface area (Å²) in [6.45, 7) is 8.02. The third-order valence-corrected chi connectivity index (χ3v) is 2.98. The second kappa shape index (κ2) is 6.48. The number of nitrogens with two attached hydrogens (primary N) is 1. The average Bonchev–Trinajstić information content (AvgIpc) is 2.29. The van der Waals surface area contributed by atoms with Crippen LogP contribution in [0.1, 0.15) is 37.9 Å². The second-order valence-corrected chi connectivity index (χ2v) is 4.27. The van der Waals surface area contributed by atoms with Gasteiger partial charge in [0.05, 0.1) is 0 Å². The van der Waals surface area contributed by atoms with Crippen LogP contribution in [0, 0.1) is 12.8 Å². The number of hydrogen-bond acceptors (Lipinski definition) is 3. The van der Waals surface area contributed by atoms with Crippen LogP contribution in [0.2, 0.25) is 0 Å². The highest BCUT2D eigenvalue weighted by Gasteiger charge is 2.04. The monoisotopic (exact) mass is 221 g/mol. The Kier molecular flexibility index (Phi) is 5.26. The zero-order valence-electron chi connectivity index (χ0n) is 10.6. The van der Waals surface area contributed by atoms with Gasteiger partial charge in [-0.25, -0.2) is 4.98 Å². The van der Waals surface area contributed by atoms with E-state index in [-0.39, 0.29) is 0 Å². The lowest BCUT2D eigenvalue weighted by molar-refractivity contribution is 0.518. The molecule has 0 amide bonds. The number of pyridine rings is 1. The molecule has 1 rings (SSSR count). The van der Waals surface area contributed by atoms with Crippen molar-refractivity contribution in [2.24, 2.45) is 11.7 Å². The summed E-state index contributed by atoms with van der Waals surface area (Å²) in [5.41, 5.74) is 7.80. The van der Waals surface area contributed by atoms with E-state index in [2.05, 4.69) is 24.1 Å². The summed E-state index contributed by atoms with van der Waals surface area (Å²) in [6, 6.07) is 4.07. The Morgan fingerprint density at radius 3 is 2.56 bits per heavy atom. The first-order valence-corrected chi connectivity index (χ1v) is 6.11. The van der Waals surface area contributed by atoms with E-state index in [1.165, 1.54) is 12.8 Å². The van der Waals surface area contributed by atoms with Gasteiger partial charge in [0, 0.05) is 18.8 Å². The normalized spacial score (nSPS) is 10.8. The van der Waals surface area contributed by atoms with Crippen LogP contribution in [0.5, 0.6) is 0 Å². The van der Waals surface area contributed by atoms with Crippen LogP contribution in [0.25, 0.3) is 0 Å². The molecule has 0 fully saturated rings. The van der Waals surface area contributed by atoms with Crippen molar-refractivity contribution in [3.63, 3.8) is 0 Å². The largest absolute Gasteiger partial charge is 0.370 e. The predicted octanol–water partition coefficient (Wildman–Crippen LogP) is 2.70. The van der Waals surface area contributed by atoms with Gasteiger partial charge in [0.1, 0.15) is 5.82 Å². The third-order valence-electron chi connectivity index (χ3n) is 2.98. The molecule has 3 N–H and O–H groups in total. The molecule has 0 aliphatic carbocycles. The van der Waals surface area contributed by atoms with Gasteiger partial charge in [-0.3, -0.25) is 0 Å². The molecule has 0 bridgehead atoms. The summed E-state index contributed by atoms with van der Waals surface area (Å²) in [6.07, 6.45) is 2.41. The summed E-state index contributed by atoms with van der Waals surface area (Å²) in [5.74, 6) is 1.68. The van der Waals surface area contributed by atoms with Crippen LogP contribution in [0.4, 0.5) is 5.82 Å². The highest BCUT2D eigenvalue weighted by atomic mass is 15.0. The highest BCUT2D eigenvalue weighted by molar-refractivity contribution is 5.39. The van der Waals surface area contributed by atoms with Crippen molar-refractivity contribution >= 4 is 5.82 Å². The molecule has 0 saturated heterocycles. The maximum absolute atomic E-state index is 5.64. The number of aryl methyl sites for hydroxylation is 1. The van der Waals surface area contributed by atoms with Gasteiger partial charge in [0.2, 0.25) is 0 Å². The van der Waals surface area contributed by atoms with E-state index in [9.17, 15) is 0 Å². The molecule has 1 aromatic heterocycles. The minimum Gasteiger partial charge on any atom is -0.370 e. The highest BCUT2D eigenvalue weighted by Crippen LogP contribution is 2.12. The smallest absolute Gasteiger partial charge is 0.126 e. The Balaban J connectivity index is 2.62. The van der Waals surface area contributed by atoms with Gasteiger partial charge in [-0.15, -0.1) is 0 Å². The van der Waals surface area contributed by atoms with Crippen molar-refractivity contribution in [3.8, 4) is 0 Å². The van der Waals surface area contributed by atoms with Gasteiger partial charge in [-0.05, 0) is 30.5 Å². The quantitative estimate of drug-likeness (QED) is 0.776. The van der Waals surface area contributed by atoms with E-state index in [1.807, 2.05) is 19.1 Å². The van der Waals surface area contributed by atoms with Crippen molar-refractivity contribution in [2.75, 3.05) is 11.9 Å². The molecule has 0 saturated carbocycles. The SMILES string of the molecule is CCC(CC)CNc1cc(CN)cc(C)n1. The molecule has 0 spiro atoms. The molecule has 0 radical (unpaired) electrons. The zero-order chi connectivity index (χ0) is 12.0. The van der Waals surface area contributed by atoms with E-state index in [1.54, 1.807) is 0 Å². The number of nitrogens with one attached hydrogen (secondary N) is 1. The van der Waals surface area contributed by atoms with E-state index in [4.69, 9.17) is 5.73 Å². The fourth-order valence-corrected chi connectivity index (χ4v) is 1.77. The topological polar surface area (TPSA) is 50.9 Å². The summed E-state index contributed by atoms with van der Waals surface area (Å²) >= 11 is 0. The number of nitrogens with zero attached hydrogens (tertiary/aromatic N) is 1. The maximum Gasteiger partial charge on any atom is 0.126 e. The number of rotatable bonds is 6. The van der Waals surface area contributed by atoms with Gasteiger partial charge >= 0.3 is 0 Å². The number of hydrogen-bond donors (Lipinski definition) is 2. The molecule has 1 heterocycles. The van der Waals surface area contributed by atoms with Crippen LogP contribution in [0.15, 0.2) is 12.1 Å². The lowest BCUT2D eigenvalue weighted by Crippen LogP contribution is -2.14. The molecule has 0 aliphatic rings. The van der Waals surface area contributed by atoms with Gasteiger partial charge in [0.15, 0.2) is 0 Å². The van der Waals surface area contributed by atoms with Crippen LogP contribution < -0.4 is 11.1 Å². The first-order chi connectivity index (χ1) is 7.69. The molecule has 16 heavy (non-hydrogen) atoms. The summed E-state index contributed by atoms with van der Waals surface area (Å²) in [4.78, 5) is 4.46. The molecule has 1 aromatic rings. The van der Waals surface area contributed by atoms with Gasteiger partial charge in [-0.1, -0.05) is 26.7 Å². The number of anilines is 1. The predicted molar refractivity (Wildman–Crippen MR) is 69.4 cm³/mol. The van der Waals surface area contributed by atoms with E-state index < -0.39 is 0 Å². The summed E-state index contributed by atoms with van der Waals surface area (Å²) in [7, 11) is 0. The molecular formula is C13H23N3. The molecule has 0 aliphatic heterocycles. The van der Waals surface area contributed by atoms with E-state index in [0.717, 1.165) is 29.5 Å². The zero-order valence-corrected chi connectivity index (χ0v) is 10.6.